The van der Waals surface area contributed by atoms with Crippen LogP contribution in [0.15, 0.2) is 18.2 Å². The monoisotopic (exact) mass is 331 g/mol. The van der Waals surface area contributed by atoms with Gasteiger partial charge in [0.05, 0.1) is 19.3 Å². The van der Waals surface area contributed by atoms with E-state index in [1.165, 1.54) is 5.56 Å². The zero-order chi connectivity index (χ0) is 17.4. The Bertz CT molecular complexity index is 548. The number of hydrogen-bond donors (Lipinski definition) is 0. The SMILES string of the molecule is CCC(C)Oc1ccc(CN2CCN(CCC#N)CC2)cc1OC. The lowest BCUT2D eigenvalue weighted by Crippen LogP contribution is -2.46. The number of rotatable bonds is 8. The predicted molar refractivity (Wildman–Crippen MR) is 95.3 cm³/mol. The summed E-state index contributed by atoms with van der Waals surface area (Å²) in [6.07, 6.45) is 1.78. The van der Waals surface area contributed by atoms with Crippen molar-refractivity contribution >= 4 is 0 Å². The first-order chi connectivity index (χ1) is 11.7. The smallest absolute Gasteiger partial charge is 0.161 e. The van der Waals surface area contributed by atoms with Crippen LogP contribution in [0.3, 0.4) is 0 Å². The molecule has 1 heterocycles. The molecule has 0 spiro atoms. The minimum Gasteiger partial charge on any atom is -0.493 e. The van der Waals surface area contributed by atoms with Crippen LogP contribution in [0.25, 0.3) is 0 Å². The minimum atomic E-state index is 0.186. The third-order valence-electron chi connectivity index (χ3n) is 4.54. The second-order valence-electron chi connectivity index (χ2n) is 6.35. The van der Waals surface area contributed by atoms with Crippen LogP contribution in [0.4, 0.5) is 0 Å². The summed E-state index contributed by atoms with van der Waals surface area (Å²) in [4.78, 5) is 4.82. The van der Waals surface area contributed by atoms with E-state index in [1.54, 1.807) is 7.11 Å². The molecule has 5 heteroatoms. The topological polar surface area (TPSA) is 48.7 Å². The molecule has 0 amide bonds. The highest BCUT2D eigenvalue weighted by molar-refractivity contribution is 5.43. The summed E-state index contributed by atoms with van der Waals surface area (Å²) in [6, 6.07) is 8.45. The van der Waals surface area contributed by atoms with Crippen LogP contribution in [0, 0.1) is 11.3 Å². The molecule has 1 unspecified atom stereocenters. The van der Waals surface area contributed by atoms with Crippen LogP contribution in [-0.2, 0) is 6.54 Å². The highest BCUT2D eigenvalue weighted by Gasteiger charge is 2.17. The number of benzene rings is 1. The Balaban J connectivity index is 1.90. The van der Waals surface area contributed by atoms with Gasteiger partial charge < -0.3 is 9.47 Å². The average Bonchev–Trinajstić information content (AvgIpc) is 2.62. The van der Waals surface area contributed by atoms with E-state index in [4.69, 9.17) is 14.7 Å². The lowest BCUT2D eigenvalue weighted by Gasteiger charge is -2.34. The quantitative estimate of drug-likeness (QED) is 0.733. The molecule has 1 aliphatic rings. The number of methoxy groups -OCH3 is 1. The fourth-order valence-corrected chi connectivity index (χ4v) is 2.85. The third kappa shape index (κ3) is 5.40. The average molecular weight is 331 g/mol. The van der Waals surface area contributed by atoms with E-state index in [-0.39, 0.29) is 6.10 Å². The van der Waals surface area contributed by atoms with Crippen LogP contribution < -0.4 is 9.47 Å². The van der Waals surface area contributed by atoms with Gasteiger partial charge in [0.2, 0.25) is 0 Å². The van der Waals surface area contributed by atoms with Crippen LogP contribution in [0.1, 0.15) is 32.3 Å². The third-order valence-corrected chi connectivity index (χ3v) is 4.54. The molecule has 2 rings (SSSR count). The normalized spacial score (nSPS) is 17.2. The lowest BCUT2D eigenvalue weighted by molar-refractivity contribution is 0.129. The molecule has 1 aromatic carbocycles. The van der Waals surface area contributed by atoms with E-state index in [0.29, 0.717) is 6.42 Å². The van der Waals surface area contributed by atoms with Gasteiger partial charge in [-0.2, -0.15) is 5.26 Å². The van der Waals surface area contributed by atoms with Crippen molar-refractivity contribution in [1.29, 1.82) is 5.26 Å². The summed E-state index contributed by atoms with van der Waals surface area (Å²) in [5, 5.41) is 8.68. The summed E-state index contributed by atoms with van der Waals surface area (Å²) in [5.41, 5.74) is 1.24. The summed E-state index contributed by atoms with van der Waals surface area (Å²) in [6.45, 7) is 10.1. The summed E-state index contributed by atoms with van der Waals surface area (Å²) in [5.74, 6) is 1.62. The van der Waals surface area contributed by atoms with E-state index < -0.39 is 0 Å². The van der Waals surface area contributed by atoms with E-state index >= 15 is 0 Å². The molecule has 1 fully saturated rings. The van der Waals surface area contributed by atoms with E-state index in [2.05, 4.69) is 41.8 Å². The second-order valence-corrected chi connectivity index (χ2v) is 6.35. The van der Waals surface area contributed by atoms with Crippen molar-refractivity contribution in [3.05, 3.63) is 23.8 Å². The van der Waals surface area contributed by atoms with Gasteiger partial charge in [0.15, 0.2) is 11.5 Å². The number of piperazine rings is 1. The molecule has 0 radical (unpaired) electrons. The largest absolute Gasteiger partial charge is 0.493 e. The fraction of sp³-hybridized carbons (Fsp3) is 0.632. The molecule has 0 bridgehead atoms. The molecule has 1 aromatic rings. The predicted octanol–water partition coefficient (Wildman–Crippen LogP) is 2.90. The van der Waals surface area contributed by atoms with Crippen LogP contribution in [-0.4, -0.2) is 55.7 Å². The fourth-order valence-electron chi connectivity index (χ4n) is 2.85. The van der Waals surface area contributed by atoms with E-state index in [0.717, 1.165) is 57.2 Å². The van der Waals surface area contributed by atoms with Gasteiger partial charge >= 0.3 is 0 Å². The molecule has 132 valence electrons. The first-order valence-electron chi connectivity index (χ1n) is 8.81. The molecule has 0 saturated carbocycles. The van der Waals surface area contributed by atoms with Gasteiger partial charge in [-0.25, -0.2) is 0 Å². The van der Waals surface area contributed by atoms with E-state index in [1.807, 2.05) is 6.07 Å². The van der Waals surface area contributed by atoms with Gasteiger partial charge in [-0.15, -0.1) is 0 Å². The molecule has 1 saturated heterocycles. The molecule has 24 heavy (non-hydrogen) atoms. The van der Waals surface area contributed by atoms with Crippen molar-refractivity contribution in [3.8, 4) is 17.6 Å². The Hall–Kier alpha value is -1.77. The van der Waals surface area contributed by atoms with Gasteiger partial charge in [-0.05, 0) is 31.0 Å². The molecule has 0 aliphatic carbocycles. The van der Waals surface area contributed by atoms with E-state index in [9.17, 15) is 0 Å². The number of hydrogen-bond acceptors (Lipinski definition) is 5. The Morgan fingerprint density at radius 1 is 1.17 bits per heavy atom. The molecule has 0 aromatic heterocycles. The maximum atomic E-state index is 8.68. The summed E-state index contributed by atoms with van der Waals surface area (Å²) in [7, 11) is 1.69. The van der Waals surface area contributed by atoms with Gasteiger partial charge in [-0.3, -0.25) is 9.80 Å². The second kappa shape index (κ2) is 9.51. The van der Waals surface area contributed by atoms with Gasteiger partial charge in [-0.1, -0.05) is 13.0 Å². The van der Waals surface area contributed by atoms with Crippen molar-refractivity contribution in [3.63, 3.8) is 0 Å². The Morgan fingerprint density at radius 3 is 2.50 bits per heavy atom. The minimum absolute atomic E-state index is 0.186. The molecule has 1 atom stereocenters. The molecule has 1 aliphatic heterocycles. The molecular formula is C19H29N3O2. The van der Waals surface area contributed by atoms with Crippen molar-refractivity contribution < 1.29 is 9.47 Å². The van der Waals surface area contributed by atoms with Crippen LogP contribution in [0.5, 0.6) is 11.5 Å². The van der Waals surface area contributed by atoms with Gasteiger partial charge in [0.1, 0.15) is 0 Å². The first-order valence-corrected chi connectivity index (χ1v) is 8.81. The van der Waals surface area contributed by atoms with Gasteiger partial charge in [0.25, 0.3) is 0 Å². The van der Waals surface area contributed by atoms with Crippen LogP contribution in [0.2, 0.25) is 0 Å². The standard InChI is InChI=1S/C19H29N3O2/c1-4-16(2)24-18-7-6-17(14-19(18)23-3)15-22-12-10-21(11-13-22)9-5-8-20/h6-7,14,16H,4-5,9-13,15H2,1-3H3. The molecular weight excluding hydrogens is 302 g/mol. The zero-order valence-electron chi connectivity index (χ0n) is 15.1. The number of ether oxygens (including phenoxy) is 2. The zero-order valence-corrected chi connectivity index (χ0v) is 15.1. The summed E-state index contributed by atoms with van der Waals surface area (Å²) >= 11 is 0. The summed E-state index contributed by atoms with van der Waals surface area (Å²) < 4.78 is 11.4. The van der Waals surface area contributed by atoms with Crippen molar-refractivity contribution in [2.24, 2.45) is 0 Å². The van der Waals surface area contributed by atoms with Crippen LogP contribution >= 0.6 is 0 Å². The van der Waals surface area contributed by atoms with Gasteiger partial charge in [0, 0.05) is 45.7 Å². The van der Waals surface area contributed by atoms with Crippen molar-refractivity contribution in [1.82, 2.24) is 9.80 Å². The Kier molecular flexibility index (Phi) is 7.36. The maximum Gasteiger partial charge on any atom is 0.161 e. The van der Waals surface area contributed by atoms with Crippen molar-refractivity contribution in [2.45, 2.75) is 39.3 Å². The maximum absolute atomic E-state index is 8.68. The molecule has 5 nitrogen and oxygen atoms in total. The molecule has 0 N–H and O–H groups in total. The number of nitrogens with zero attached hydrogens (tertiary/aromatic N) is 3. The highest BCUT2D eigenvalue weighted by atomic mass is 16.5. The highest BCUT2D eigenvalue weighted by Crippen LogP contribution is 2.30. The lowest BCUT2D eigenvalue weighted by atomic mass is 10.1. The number of nitriles is 1. The Morgan fingerprint density at radius 2 is 1.88 bits per heavy atom. The first kappa shape index (κ1) is 18.6. The van der Waals surface area contributed by atoms with Crippen molar-refractivity contribution in [2.75, 3.05) is 39.8 Å². The Labute approximate surface area is 145 Å².